The zero-order chi connectivity index (χ0) is 15.4. The van der Waals surface area contributed by atoms with E-state index in [1.807, 2.05) is 29.6 Å². The molecule has 1 aliphatic heterocycles. The number of thiophene rings is 1. The van der Waals surface area contributed by atoms with Crippen molar-refractivity contribution in [1.29, 1.82) is 0 Å². The minimum Gasteiger partial charge on any atom is -0.494 e. The maximum Gasteiger partial charge on any atom is 0.227 e. The highest BCUT2D eigenvalue weighted by molar-refractivity contribution is 7.12. The predicted molar refractivity (Wildman–Crippen MR) is 91.1 cm³/mol. The van der Waals surface area contributed by atoms with Gasteiger partial charge in [-0.2, -0.15) is 0 Å². The van der Waals surface area contributed by atoms with Crippen molar-refractivity contribution in [2.24, 2.45) is 4.99 Å². The predicted octanol–water partition coefficient (Wildman–Crippen LogP) is 4.31. The average Bonchev–Trinajstić information content (AvgIpc) is 3.18. The number of aliphatic imine (C=N–C) groups is 1. The first-order chi connectivity index (χ1) is 10.8. The zero-order valence-electron chi connectivity index (χ0n) is 13.0. The molecule has 0 N–H and O–H groups in total. The Balaban J connectivity index is 1.52. The molecule has 0 fully saturated rings. The lowest BCUT2D eigenvalue weighted by atomic mass is 10.1. The summed E-state index contributed by atoms with van der Waals surface area (Å²) in [5, 5.41) is 2.04. The fraction of sp³-hybridized carbons (Fsp3) is 0.389. The van der Waals surface area contributed by atoms with Crippen LogP contribution < -0.4 is 4.74 Å². The smallest absolute Gasteiger partial charge is 0.227 e. The van der Waals surface area contributed by atoms with E-state index in [0.717, 1.165) is 29.4 Å². The van der Waals surface area contributed by atoms with E-state index in [1.165, 1.54) is 5.56 Å². The van der Waals surface area contributed by atoms with Gasteiger partial charge >= 0.3 is 0 Å². The molecule has 0 amide bonds. The van der Waals surface area contributed by atoms with E-state index in [4.69, 9.17) is 14.5 Å². The third kappa shape index (κ3) is 3.50. The fourth-order valence-electron chi connectivity index (χ4n) is 2.48. The van der Waals surface area contributed by atoms with Crippen LogP contribution in [0.1, 0.15) is 30.7 Å². The maximum absolute atomic E-state index is 5.86. The van der Waals surface area contributed by atoms with Crippen molar-refractivity contribution in [3.8, 4) is 5.75 Å². The summed E-state index contributed by atoms with van der Waals surface area (Å²) in [6, 6.07) is 12.5. The molecule has 1 aromatic heterocycles. The van der Waals surface area contributed by atoms with Crippen molar-refractivity contribution < 1.29 is 9.47 Å². The Morgan fingerprint density at radius 3 is 2.73 bits per heavy atom. The molecule has 1 aliphatic rings. The molecule has 3 rings (SSSR count). The number of ether oxygens (including phenoxy) is 2. The van der Waals surface area contributed by atoms with Crippen molar-refractivity contribution in [3.05, 3.63) is 52.2 Å². The van der Waals surface area contributed by atoms with Crippen LogP contribution in [0.3, 0.4) is 0 Å². The lowest BCUT2D eigenvalue weighted by Crippen LogP contribution is -2.21. The maximum atomic E-state index is 5.86. The van der Waals surface area contributed by atoms with Crippen molar-refractivity contribution >= 4 is 17.2 Å². The van der Waals surface area contributed by atoms with E-state index in [9.17, 15) is 0 Å². The lowest BCUT2D eigenvalue weighted by Gasteiger charge is -2.13. The van der Waals surface area contributed by atoms with E-state index in [1.54, 1.807) is 11.3 Å². The Bertz CT molecular complexity index is 619. The van der Waals surface area contributed by atoms with Gasteiger partial charge in [0, 0.05) is 6.42 Å². The Labute approximate surface area is 135 Å². The van der Waals surface area contributed by atoms with Crippen molar-refractivity contribution in [2.75, 3.05) is 6.61 Å². The van der Waals surface area contributed by atoms with Crippen LogP contribution in [0.25, 0.3) is 0 Å². The van der Waals surface area contributed by atoms with Crippen molar-refractivity contribution in [2.45, 2.75) is 38.8 Å². The Kier molecular flexibility index (Phi) is 4.78. The highest BCUT2D eigenvalue weighted by Crippen LogP contribution is 2.23. The minimum atomic E-state index is 0.114. The molecule has 2 heterocycles. The van der Waals surface area contributed by atoms with E-state index in [0.29, 0.717) is 6.61 Å². The molecule has 4 heteroatoms. The molecule has 2 unspecified atom stereocenters. The first-order valence-electron chi connectivity index (χ1n) is 7.76. The number of rotatable bonds is 6. The molecule has 0 radical (unpaired) electrons. The third-order valence-electron chi connectivity index (χ3n) is 3.87. The zero-order valence-corrected chi connectivity index (χ0v) is 13.8. The van der Waals surface area contributed by atoms with Gasteiger partial charge in [0.1, 0.15) is 11.9 Å². The van der Waals surface area contributed by atoms with Gasteiger partial charge in [-0.15, -0.1) is 11.3 Å². The van der Waals surface area contributed by atoms with Crippen LogP contribution in [0.4, 0.5) is 0 Å². The Hall–Kier alpha value is -1.81. The van der Waals surface area contributed by atoms with Gasteiger partial charge < -0.3 is 9.47 Å². The van der Waals surface area contributed by atoms with E-state index >= 15 is 0 Å². The molecule has 0 bridgehead atoms. The van der Waals surface area contributed by atoms with E-state index < -0.39 is 0 Å². The largest absolute Gasteiger partial charge is 0.494 e. The summed E-state index contributed by atoms with van der Waals surface area (Å²) >= 11 is 1.66. The first-order valence-corrected chi connectivity index (χ1v) is 8.64. The van der Waals surface area contributed by atoms with E-state index in [-0.39, 0.29) is 12.1 Å². The molecule has 2 atom stereocenters. The standard InChI is InChI=1S/C18H21NO2S/c1-3-14-6-8-15(9-7-14)20-11-10-16-13(2)21-18(19-16)17-5-4-12-22-17/h4-9,12-13,16H,3,10-11H2,1-2H3. The lowest BCUT2D eigenvalue weighted by molar-refractivity contribution is 0.193. The number of nitrogens with zero attached hydrogens (tertiary/aromatic N) is 1. The van der Waals surface area contributed by atoms with Gasteiger partial charge in [-0.3, -0.25) is 0 Å². The summed E-state index contributed by atoms with van der Waals surface area (Å²) in [7, 11) is 0. The molecule has 0 saturated carbocycles. The number of hydrogen-bond acceptors (Lipinski definition) is 4. The summed E-state index contributed by atoms with van der Waals surface area (Å²) in [6.07, 6.45) is 2.03. The summed E-state index contributed by atoms with van der Waals surface area (Å²) in [5.41, 5.74) is 1.33. The molecule has 0 saturated heterocycles. The second-order valence-corrected chi connectivity index (χ2v) is 6.38. The molecule has 0 aliphatic carbocycles. The second-order valence-electron chi connectivity index (χ2n) is 5.44. The first kappa shape index (κ1) is 15.1. The fourth-order valence-corrected chi connectivity index (χ4v) is 3.14. The van der Waals surface area contributed by atoms with Gasteiger partial charge in [-0.05, 0) is 42.5 Å². The quantitative estimate of drug-likeness (QED) is 0.795. The molecule has 1 aromatic carbocycles. The molecule has 2 aromatic rings. The van der Waals surface area contributed by atoms with Crippen LogP contribution in [0, 0.1) is 0 Å². The third-order valence-corrected chi connectivity index (χ3v) is 4.73. The highest BCUT2D eigenvalue weighted by Gasteiger charge is 2.28. The molecular weight excluding hydrogens is 294 g/mol. The topological polar surface area (TPSA) is 30.8 Å². The summed E-state index contributed by atoms with van der Waals surface area (Å²) in [4.78, 5) is 5.80. The summed E-state index contributed by atoms with van der Waals surface area (Å²) < 4.78 is 11.7. The second kappa shape index (κ2) is 6.97. The molecule has 116 valence electrons. The van der Waals surface area contributed by atoms with Crippen LogP contribution in [-0.2, 0) is 11.2 Å². The molecule has 22 heavy (non-hydrogen) atoms. The van der Waals surface area contributed by atoms with Crippen LogP contribution >= 0.6 is 11.3 Å². The Morgan fingerprint density at radius 2 is 2.05 bits per heavy atom. The number of hydrogen-bond donors (Lipinski definition) is 0. The van der Waals surface area contributed by atoms with Gasteiger partial charge in [0.2, 0.25) is 5.90 Å². The van der Waals surface area contributed by atoms with Gasteiger partial charge in [0.15, 0.2) is 0 Å². The van der Waals surface area contributed by atoms with Gasteiger partial charge in [-0.1, -0.05) is 25.1 Å². The van der Waals surface area contributed by atoms with Crippen molar-refractivity contribution in [1.82, 2.24) is 0 Å². The minimum absolute atomic E-state index is 0.114. The molecule has 3 nitrogen and oxygen atoms in total. The summed E-state index contributed by atoms with van der Waals surface area (Å²) in [6.45, 7) is 4.89. The SMILES string of the molecule is CCc1ccc(OCCC2N=C(c3cccs3)OC2C)cc1. The monoisotopic (exact) mass is 315 g/mol. The average molecular weight is 315 g/mol. The van der Waals surface area contributed by atoms with E-state index in [2.05, 4.69) is 26.0 Å². The van der Waals surface area contributed by atoms with Crippen LogP contribution in [0.2, 0.25) is 0 Å². The van der Waals surface area contributed by atoms with Crippen molar-refractivity contribution in [3.63, 3.8) is 0 Å². The van der Waals surface area contributed by atoms with Crippen LogP contribution in [0.15, 0.2) is 46.8 Å². The molecular formula is C18H21NO2S. The van der Waals surface area contributed by atoms with Gasteiger partial charge in [-0.25, -0.2) is 4.99 Å². The number of benzene rings is 1. The normalized spacial score (nSPS) is 20.5. The number of aryl methyl sites for hydroxylation is 1. The van der Waals surface area contributed by atoms with Crippen LogP contribution in [0.5, 0.6) is 5.75 Å². The van der Waals surface area contributed by atoms with Gasteiger partial charge in [0.25, 0.3) is 0 Å². The Morgan fingerprint density at radius 1 is 1.23 bits per heavy atom. The highest BCUT2D eigenvalue weighted by atomic mass is 32.1. The molecule has 0 spiro atoms. The summed E-state index contributed by atoms with van der Waals surface area (Å²) in [5.74, 6) is 1.70. The van der Waals surface area contributed by atoms with Gasteiger partial charge in [0.05, 0.1) is 17.5 Å². The van der Waals surface area contributed by atoms with Crippen LogP contribution in [-0.4, -0.2) is 24.7 Å².